The van der Waals surface area contributed by atoms with Crippen LogP contribution in [0.25, 0.3) is 0 Å². The van der Waals surface area contributed by atoms with Crippen LogP contribution in [0.4, 0.5) is 18.9 Å². The Morgan fingerprint density at radius 2 is 1.95 bits per heavy atom. The number of nitrogens with zero attached hydrogens (tertiary/aromatic N) is 1. The Morgan fingerprint density at radius 1 is 1.33 bits per heavy atom. The second-order valence-electron chi connectivity index (χ2n) is 5.61. The SMILES string of the molecule is CN(CC(=O)Nc1cccc(C(F)(F)F)c1)CC(C)(C)O. The molecule has 21 heavy (non-hydrogen) atoms. The van der Waals surface area contributed by atoms with Gasteiger partial charge in [0.25, 0.3) is 0 Å². The second kappa shape index (κ2) is 6.44. The highest BCUT2D eigenvalue weighted by Crippen LogP contribution is 2.30. The largest absolute Gasteiger partial charge is 0.416 e. The summed E-state index contributed by atoms with van der Waals surface area (Å²) >= 11 is 0. The Bertz CT molecular complexity index is 496. The number of rotatable bonds is 5. The molecule has 0 atom stereocenters. The topological polar surface area (TPSA) is 52.6 Å². The number of amides is 1. The van der Waals surface area contributed by atoms with Gasteiger partial charge in [0.15, 0.2) is 0 Å². The molecule has 0 radical (unpaired) electrons. The van der Waals surface area contributed by atoms with Crippen molar-refractivity contribution in [2.24, 2.45) is 0 Å². The third kappa shape index (κ3) is 6.59. The lowest BCUT2D eigenvalue weighted by Gasteiger charge is -2.24. The number of halogens is 3. The van der Waals surface area contributed by atoms with Gasteiger partial charge < -0.3 is 10.4 Å². The molecule has 0 fully saturated rings. The molecule has 4 nitrogen and oxygen atoms in total. The number of alkyl halides is 3. The van der Waals surface area contributed by atoms with E-state index in [1.54, 1.807) is 25.8 Å². The van der Waals surface area contributed by atoms with Crippen LogP contribution in [0.2, 0.25) is 0 Å². The van der Waals surface area contributed by atoms with Crippen LogP contribution in [-0.4, -0.2) is 41.7 Å². The molecule has 0 spiro atoms. The lowest BCUT2D eigenvalue weighted by atomic mass is 10.1. The lowest BCUT2D eigenvalue weighted by molar-refractivity contribution is -0.137. The highest BCUT2D eigenvalue weighted by molar-refractivity contribution is 5.92. The van der Waals surface area contributed by atoms with Crippen molar-refractivity contribution >= 4 is 11.6 Å². The predicted octanol–water partition coefficient (Wildman–Crippen LogP) is 2.35. The zero-order chi connectivity index (χ0) is 16.3. The molecule has 1 aromatic rings. The molecular formula is C14H19F3N2O2. The molecule has 118 valence electrons. The zero-order valence-corrected chi connectivity index (χ0v) is 12.2. The van der Waals surface area contributed by atoms with Crippen molar-refractivity contribution in [1.82, 2.24) is 4.90 Å². The van der Waals surface area contributed by atoms with E-state index in [0.717, 1.165) is 12.1 Å². The van der Waals surface area contributed by atoms with Gasteiger partial charge in [0.1, 0.15) is 0 Å². The average molecular weight is 304 g/mol. The summed E-state index contributed by atoms with van der Waals surface area (Å²) in [6, 6.07) is 4.45. The Hall–Kier alpha value is -1.60. The van der Waals surface area contributed by atoms with Crippen molar-refractivity contribution in [2.45, 2.75) is 25.6 Å². The van der Waals surface area contributed by atoms with Crippen LogP contribution >= 0.6 is 0 Å². The molecule has 1 amide bonds. The number of carbonyl (C=O) groups is 1. The van der Waals surface area contributed by atoms with Gasteiger partial charge in [0.05, 0.1) is 17.7 Å². The van der Waals surface area contributed by atoms with Crippen molar-refractivity contribution in [3.63, 3.8) is 0 Å². The first-order valence-electron chi connectivity index (χ1n) is 6.35. The number of carbonyl (C=O) groups excluding carboxylic acids is 1. The minimum atomic E-state index is -4.45. The van der Waals surface area contributed by atoms with E-state index in [0.29, 0.717) is 0 Å². The Labute approximate surface area is 121 Å². The van der Waals surface area contributed by atoms with E-state index < -0.39 is 23.2 Å². The quantitative estimate of drug-likeness (QED) is 0.878. The third-order valence-corrected chi connectivity index (χ3v) is 2.54. The summed E-state index contributed by atoms with van der Waals surface area (Å²) in [5.74, 6) is -0.443. The van der Waals surface area contributed by atoms with Crippen LogP contribution < -0.4 is 5.32 Å². The Morgan fingerprint density at radius 3 is 2.48 bits per heavy atom. The van der Waals surface area contributed by atoms with E-state index >= 15 is 0 Å². The highest BCUT2D eigenvalue weighted by Gasteiger charge is 2.30. The van der Waals surface area contributed by atoms with Gasteiger partial charge in [-0.3, -0.25) is 9.69 Å². The fraction of sp³-hybridized carbons (Fsp3) is 0.500. The van der Waals surface area contributed by atoms with Crippen LogP contribution in [-0.2, 0) is 11.0 Å². The first-order valence-corrected chi connectivity index (χ1v) is 6.35. The van der Waals surface area contributed by atoms with Gasteiger partial charge in [-0.2, -0.15) is 13.2 Å². The van der Waals surface area contributed by atoms with Gasteiger partial charge in [0, 0.05) is 12.2 Å². The number of aliphatic hydroxyl groups is 1. The third-order valence-electron chi connectivity index (χ3n) is 2.54. The van der Waals surface area contributed by atoms with Crippen molar-refractivity contribution in [3.8, 4) is 0 Å². The smallest absolute Gasteiger partial charge is 0.389 e. The summed E-state index contributed by atoms with van der Waals surface area (Å²) in [5, 5.41) is 12.0. The molecule has 1 rings (SSSR count). The monoisotopic (exact) mass is 304 g/mol. The molecule has 2 N–H and O–H groups in total. The molecule has 7 heteroatoms. The Kier molecular flexibility index (Phi) is 5.36. The summed E-state index contributed by atoms with van der Waals surface area (Å²) in [4.78, 5) is 13.3. The minimum absolute atomic E-state index is 0.0275. The normalized spacial score (nSPS) is 12.6. The number of nitrogens with one attached hydrogen (secondary N) is 1. The van der Waals surface area contributed by atoms with Crippen molar-refractivity contribution in [3.05, 3.63) is 29.8 Å². The van der Waals surface area contributed by atoms with Crippen LogP contribution in [0.15, 0.2) is 24.3 Å². The minimum Gasteiger partial charge on any atom is -0.389 e. The van der Waals surface area contributed by atoms with Gasteiger partial charge in [-0.25, -0.2) is 0 Å². The fourth-order valence-corrected chi connectivity index (χ4v) is 1.94. The van der Waals surface area contributed by atoms with Crippen LogP contribution in [0.3, 0.4) is 0 Å². The Balaban J connectivity index is 2.63. The van der Waals surface area contributed by atoms with E-state index in [9.17, 15) is 23.1 Å². The van der Waals surface area contributed by atoms with Gasteiger partial charge >= 0.3 is 6.18 Å². The summed E-state index contributed by atoms with van der Waals surface area (Å²) in [6.45, 7) is 3.45. The first kappa shape index (κ1) is 17.5. The fourth-order valence-electron chi connectivity index (χ4n) is 1.94. The highest BCUT2D eigenvalue weighted by atomic mass is 19.4. The summed E-state index contributed by atoms with van der Waals surface area (Å²) in [5.41, 5.74) is -1.68. The van der Waals surface area contributed by atoms with Crippen molar-refractivity contribution < 1.29 is 23.1 Å². The predicted molar refractivity (Wildman–Crippen MR) is 73.9 cm³/mol. The molecule has 0 bridgehead atoms. The summed E-state index contributed by atoms with van der Waals surface area (Å²) in [6.07, 6.45) is -4.45. The molecule has 1 aromatic carbocycles. The van der Waals surface area contributed by atoms with Crippen LogP contribution in [0, 0.1) is 0 Å². The van der Waals surface area contributed by atoms with Gasteiger partial charge in [-0.1, -0.05) is 6.07 Å². The van der Waals surface area contributed by atoms with E-state index in [2.05, 4.69) is 5.32 Å². The van der Waals surface area contributed by atoms with E-state index in [1.165, 1.54) is 12.1 Å². The standard InChI is InChI=1S/C14H19F3N2O2/c1-13(2,21)9-19(3)8-12(20)18-11-6-4-5-10(7-11)14(15,16)17/h4-7,21H,8-9H2,1-3H3,(H,18,20). The van der Waals surface area contributed by atoms with Crippen molar-refractivity contribution in [2.75, 3.05) is 25.5 Å². The average Bonchev–Trinajstić information content (AvgIpc) is 2.24. The van der Waals surface area contributed by atoms with Gasteiger partial charge in [-0.15, -0.1) is 0 Å². The molecule has 0 aliphatic carbocycles. The number of anilines is 1. The molecule has 0 aliphatic heterocycles. The molecule has 0 saturated heterocycles. The molecule has 0 aromatic heterocycles. The number of benzene rings is 1. The number of likely N-dealkylation sites (N-methyl/N-ethyl adjacent to an activating group) is 1. The summed E-state index contributed by atoms with van der Waals surface area (Å²) < 4.78 is 37.7. The lowest BCUT2D eigenvalue weighted by Crippen LogP contribution is -2.40. The molecule has 0 saturated carbocycles. The maximum absolute atomic E-state index is 12.6. The molecule has 0 heterocycles. The molecule has 0 aliphatic rings. The molecule has 0 unspecified atom stereocenters. The second-order valence-corrected chi connectivity index (χ2v) is 5.61. The zero-order valence-electron chi connectivity index (χ0n) is 12.2. The van der Waals surface area contributed by atoms with Crippen LogP contribution in [0.1, 0.15) is 19.4 Å². The van der Waals surface area contributed by atoms with E-state index in [1.807, 2.05) is 0 Å². The first-order chi connectivity index (χ1) is 9.47. The van der Waals surface area contributed by atoms with E-state index in [4.69, 9.17) is 0 Å². The number of hydrogen-bond donors (Lipinski definition) is 2. The van der Waals surface area contributed by atoms with Gasteiger partial charge in [0.2, 0.25) is 5.91 Å². The van der Waals surface area contributed by atoms with E-state index in [-0.39, 0.29) is 18.8 Å². The summed E-state index contributed by atoms with van der Waals surface area (Å²) in [7, 11) is 1.64. The maximum Gasteiger partial charge on any atom is 0.416 e. The van der Waals surface area contributed by atoms with Gasteiger partial charge in [-0.05, 0) is 39.1 Å². The maximum atomic E-state index is 12.6. The molecular weight excluding hydrogens is 285 g/mol. The van der Waals surface area contributed by atoms with Crippen molar-refractivity contribution in [1.29, 1.82) is 0 Å². The number of hydrogen-bond acceptors (Lipinski definition) is 3. The van der Waals surface area contributed by atoms with Crippen LogP contribution in [0.5, 0.6) is 0 Å².